The maximum Gasteiger partial charge on any atom is 0.219 e. The molecule has 0 aliphatic carbocycles. The summed E-state index contributed by atoms with van der Waals surface area (Å²) in [6.45, 7) is 3.90. The molecule has 0 unspecified atom stereocenters. The van der Waals surface area contributed by atoms with Gasteiger partial charge in [-0.1, -0.05) is 19.1 Å². The SMILES string of the molecule is CCc1ccc(Oc2ccc(C=O)c(C)n2)cc1. The van der Waals surface area contributed by atoms with Crippen molar-refractivity contribution >= 4 is 6.29 Å². The van der Waals surface area contributed by atoms with Crippen LogP contribution in [-0.2, 0) is 6.42 Å². The molecule has 1 heterocycles. The average Bonchev–Trinajstić information content (AvgIpc) is 2.40. The highest BCUT2D eigenvalue weighted by molar-refractivity contribution is 5.76. The van der Waals surface area contributed by atoms with Crippen LogP contribution in [0.15, 0.2) is 36.4 Å². The molecule has 18 heavy (non-hydrogen) atoms. The molecule has 3 nitrogen and oxygen atoms in total. The van der Waals surface area contributed by atoms with Crippen molar-refractivity contribution in [2.24, 2.45) is 0 Å². The Bertz CT molecular complexity index is 547. The summed E-state index contributed by atoms with van der Waals surface area (Å²) in [5.74, 6) is 1.25. The van der Waals surface area contributed by atoms with Gasteiger partial charge < -0.3 is 4.74 Å². The minimum atomic E-state index is 0.502. The van der Waals surface area contributed by atoms with Gasteiger partial charge in [-0.2, -0.15) is 0 Å². The molecule has 1 aromatic carbocycles. The van der Waals surface area contributed by atoms with Gasteiger partial charge >= 0.3 is 0 Å². The van der Waals surface area contributed by atoms with Crippen molar-refractivity contribution in [3.8, 4) is 11.6 Å². The fraction of sp³-hybridized carbons (Fsp3) is 0.200. The molecule has 0 aliphatic rings. The van der Waals surface area contributed by atoms with Gasteiger partial charge in [-0.3, -0.25) is 4.79 Å². The minimum absolute atomic E-state index is 0.502. The summed E-state index contributed by atoms with van der Waals surface area (Å²) in [7, 11) is 0. The van der Waals surface area contributed by atoms with Crippen LogP contribution < -0.4 is 4.74 Å². The first-order valence-corrected chi connectivity index (χ1v) is 5.92. The van der Waals surface area contributed by atoms with E-state index in [1.165, 1.54) is 5.56 Å². The van der Waals surface area contributed by atoms with Crippen molar-refractivity contribution in [3.63, 3.8) is 0 Å². The number of rotatable bonds is 4. The van der Waals surface area contributed by atoms with Crippen LogP contribution in [0.1, 0.15) is 28.5 Å². The predicted molar refractivity (Wildman–Crippen MR) is 70.3 cm³/mol. The fourth-order valence-electron chi connectivity index (χ4n) is 1.64. The van der Waals surface area contributed by atoms with E-state index in [1.54, 1.807) is 19.1 Å². The van der Waals surface area contributed by atoms with E-state index in [0.717, 1.165) is 18.5 Å². The van der Waals surface area contributed by atoms with Crippen LogP contribution in [-0.4, -0.2) is 11.3 Å². The van der Waals surface area contributed by atoms with E-state index in [2.05, 4.69) is 11.9 Å². The number of carbonyl (C=O) groups excluding carboxylic acids is 1. The number of ether oxygens (including phenoxy) is 1. The van der Waals surface area contributed by atoms with Gasteiger partial charge in [0, 0.05) is 11.6 Å². The van der Waals surface area contributed by atoms with Crippen molar-refractivity contribution in [1.82, 2.24) is 4.98 Å². The molecule has 0 fully saturated rings. The first kappa shape index (κ1) is 12.3. The molecule has 0 atom stereocenters. The van der Waals surface area contributed by atoms with E-state index in [9.17, 15) is 4.79 Å². The lowest BCUT2D eigenvalue weighted by Crippen LogP contribution is -1.94. The average molecular weight is 241 g/mol. The zero-order valence-electron chi connectivity index (χ0n) is 10.5. The largest absolute Gasteiger partial charge is 0.439 e. The molecular weight excluding hydrogens is 226 g/mol. The first-order valence-electron chi connectivity index (χ1n) is 5.92. The summed E-state index contributed by atoms with van der Waals surface area (Å²) >= 11 is 0. The number of aromatic nitrogens is 1. The second-order valence-electron chi connectivity index (χ2n) is 4.04. The molecule has 3 heteroatoms. The molecule has 0 radical (unpaired) electrons. The van der Waals surface area contributed by atoms with Gasteiger partial charge in [0.2, 0.25) is 5.88 Å². The van der Waals surface area contributed by atoms with E-state index in [4.69, 9.17) is 4.74 Å². The number of pyridine rings is 1. The molecule has 0 saturated heterocycles. The second kappa shape index (κ2) is 5.45. The number of aldehydes is 1. The van der Waals surface area contributed by atoms with Gasteiger partial charge in [0.1, 0.15) is 5.75 Å². The van der Waals surface area contributed by atoms with Crippen LogP contribution in [0, 0.1) is 6.92 Å². The summed E-state index contributed by atoms with van der Waals surface area (Å²) < 4.78 is 5.63. The third-order valence-corrected chi connectivity index (χ3v) is 2.78. The third-order valence-electron chi connectivity index (χ3n) is 2.78. The Labute approximate surface area is 106 Å². The summed E-state index contributed by atoms with van der Waals surface area (Å²) in [6, 6.07) is 11.3. The van der Waals surface area contributed by atoms with E-state index in [1.807, 2.05) is 24.3 Å². The van der Waals surface area contributed by atoms with Gasteiger partial charge in [-0.05, 0) is 37.1 Å². The van der Waals surface area contributed by atoms with Gasteiger partial charge in [-0.25, -0.2) is 4.98 Å². The van der Waals surface area contributed by atoms with Crippen molar-refractivity contribution in [1.29, 1.82) is 0 Å². The van der Waals surface area contributed by atoms with E-state index in [0.29, 0.717) is 17.1 Å². The smallest absolute Gasteiger partial charge is 0.219 e. The normalized spacial score (nSPS) is 10.1. The molecule has 0 saturated carbocycles. The lowest BCUT2D eigenvalue weighted by Gasteiger charge is -2.06. The summed E-state index contributed by atoms with van der Waals surface area (Å²) in [5.41, 5.74) is 2.53. The number of hydrogen-bond acceptors (Lipinski definition) is 3. The Morgan fingerprint density at radius 2 is 1.89 bits per heavy atom. The number of aryl methyl sites for hydroxylation is 2. The molecule has 1 aromatic heterocycles. The number of benzene rings is 1. The van der Waals surface area contributed by atoms with Gasteiger partial charge in [0.25, 0.3) is 0 Å². The highest BCUT2D eigenvalue weighted by atomic mass is 16.5. The molecule has 0 amide bonds. The maximum absolute atomic E-state index is 10.7. The molecule has 0 spiro atoms. The molecule has 0 N–H and O–H groups in total. The maximum atomic E-state index is 10.7. The quantitative estimate of drug-likeness (QED) is 0.768. The standard InChI is InChI=1S/C15H15NO2/c1-3-12-4-7-14(8-5-12)18-15-9-6-13(10-17)11(2)16-15/h4-10H,3H2,1-2H3. The molecule has 0 bridgehead atoms. The van der Waals surface area contributed by atoms with Crippen molar-refractivity contribution in [2.75, 3.05) is 0 Å². The minimum Gasteiger partial charge on any atom is -0.439 e. The van der Waals surface area contributed by atoms with Crippen LogP contribution >= 0.6 is 0 Å². The van der Waals surface area contributed by atoms with Crippen molar-refractivity contribution < 1.29 is 9.53 Å². The zero-order valence-corrected chi connectivity index (χ0v) is 10.5. The van der Waals surface area contributed by atoms with Crippen LogP contribution in [0.4, 0.5) is 0 Å². The molecule has 92 valence electrons. The van der Waals surface area contributed by atoms with E-state index >= 15 is 0 Å². The van der Waals surface area contributed by atoms with Crippen LogP contribution in [0.5, 0.6) is 11.6 Å². The Balaban J connectivity index is 2.17. The highest BCUT2D eigenvalue weighted by Crippen LogP contribution is 2.21. The summed E-state index contributed by atoms with van der Waals surface area (Å²) in [4.78, 5) is 14.9. The number of hydrogen-bond donors (Lipinski definition) is 0. The lowest BCUT2D eigenvalue weighted by atomic mass is 10.2. The van der Waals surface area contributed by atoms with Gasteiger partial charge in [0.05, 0.1) is 5.69 Å². The number of carbonyl (C=O) groups is 1. The zero-order chi connectivity index (χ0) is 13.0. The Hall–Kier alpha value is -2.16. The third kappa shape index (κ3) is 2.74. The van der Waals surface area contributed by atoms with Crippen LogP contribution in [0.25, 0.3) is 0 Å². The molecule has 2 aromatic rings. The van der Waals surface area contributed by atoms with Gasteiger partial charge in [0.15, 0.2) is 6.29 Å². The number of nitrogens with zero attached hydrogens (tertiary/aromatic N) is 1. The highest BCUT2D eigenvalue weighted by Gasteiger charge is 2.03. The molecule has 0 aliphatic heterocycles. The Kier molecular flexibility index (Phi) is 3.72. The Morgan fingerprint density at radius 3 is 2.44 bits per heavy atom. The van der Waals surface area contributed by atoms with E-state index in [-0.39, 0.29) is 0 Å². The summed E-state index contributed by atoms with van der Waals surface area (Å²) in [5, 5.41) is 0. The van der Waals surface area contributed by atoms with Crippen molar-refractivity contribution in [2.45, 2.75) is 20.3 Å². The van der Waals surface area contributed by atoms with Crippen LogP contribution in [0.3, 0.4) is 0 Å². The molecular formula is C15H15NO2. The first-order chi connectivity index (χ1) is 8.72. The van der Waals surface area contributed by atoms with Gasteiger partial charge in [-0.15, -0.1) is 0 Å². The predicted octanol–water partition coefficient (Wildman–Crippen LogP) is 3.56. The topological polar surface area (TPSA) is 39.2 Å². The van der Waals surface area contributed by atoms with Crippen molar-refractivity contribution in [3.05, 3.63) is 53.2 Å². The second-order valence-corrected chi connectivity index (χ2v) is 4.04. The lowest BCUT2D eigenvalue weighted by molar-refractivity contribution is 0.112. The monoisotopic (exact) mass is 241 g/mol. The van der Waals surface area contributed by atoms with Crippen LogP contribution in [0.2, 0.25) is 0 Å². The molecule has 2 rings (SSSR count). The Morgan fingerprint density at radius 1 is 1.17 bits per heavy atom. The van der Waals surface area contributed by atoms with E-state index < -0.39 is 0 Å². The fourth-order valence-corrected chi connectivity index (χ4v) is 1.64. The summed E-state index contributed by atoms with van der Waals surface area (Å²) in [6.07, 6.45) is 1.80.